The number of piperidine rings is 1. The van der Waals surface area contributed by atoms with Crippen molar-refractivity contribution in [2.75, 3.05) is 46.6 Å². The molecule has 0 bridgehead atoms. The number of methoxy groups -OCH3 is 1. The van der Waals surface area contributed by atoms with E-state index in [-0.39, 0.29) is 12.4 Å². The molecule has 0 aliphatic carbocycles. The highest BCUT2D eigenvalue weighted by atomic mass is 35.5. The minimum absolute atomic E-state index is 0. The summed E-state index contributed by atoms with van der Waals surface area (Å²) in [6.07, 6.45) is 2.46. The predicted molar refractivity (Wildman–Crippen MR) is 72.8 cm³/mol. The summed E-state index contributed by atoms with van der Waals surface area (Å²) >= 11 is 0. The lowest BCUT2D eigenvalue weighted by Gasteiger charge is -2.33. The SMILES string of the molecule is COCCOCCN1CCC(C(C)N)CC1.Cl. The molecule has 1 unspecified atom stereocenters. The first-order valence-electron chi connectivity index (χ1n) is 6.28. The average Bonchev–Trinajstić information content (AvgIpc) is 2.29. The molecule has 0 aromatic heterocycles. The van der Waals surface area contributed by atoms with Crippen molar-refractivity contribution in [2.45, 2.75) is 25.8 Å². The van der Waals surface area contributed by atoms with Gasteiger partial charge in [0, 0.05) is 19.7 Å². The Bertz CT molecular complexity index is 174. The zero-order chi connectivity index (χ0) is 11.8. The molecular weight excluding hydrogens is 240 g/mol. The summed E-state index contributed by atoms with van der Waals surface area (Å²) in [5.74, 6) is 0.714. The summed E-state index contributed by atoms with van der Waals surface area (Å²) < 4.78 is 10.4. The number of ether oxygens (including phenoxy) is 2. The van der Waals surface area contributed by atoms with Crippen LogP contribution in [0.25, 0.3) is 0 Å². The van der Waals surface area contributed by atoms with Crippen LogP contribution in [0.1, 0.15) is 19.8 Å². The van der Waals surface area contributed by atoms with Crippen molar-refractivity contribution in [2.24, 2.45) is 11.7 Å². The quantitative estimate of drug-likeness (QED) is 0.702. The van der Waals surface area contributed by atoms with E-state index >= 15 is 0 Å². The Balaban J connectivity index is 0.00000256. The molecule has 5 heteroatoms. The molecule has 1 aliphatic rings. The number of nitrogens with two attached hydrogens (primary N) is 1. The van der Waals surface area contributed by atoms with Crippen LogP contribution in [-0.4, -0.2) is 57.5 Å². The number of halogens is 1. The molecule has 0 aromatic rings. The highest BCUT2D eigenvalue weighted by Crippen LogP contribution is 2.18. The van der Waals surface area contributed by atoms with E-state index < -0.39 is 0 Å². The number of hydrogen-bond acceptors (Lipinski definition) is 4. The second-order valence-corrected chi connectivity index (χ2v) is 4.64. The van der Waals surface area contributed by atoms with Gasteiger partial charge in [0.1, 0.15) is 0 Å². The third-order valence-corrected chi connectivity index (χ3v) is 3.36. The molecular formula is C12H27ClN2O2. The predicted octanol–water partition coefficient (Wildman–Crippen LogP) is 1.13. The fourth-order valence-corrected chi connectivity index (χ4v) is 2.14. The van der Waals surface area contributed by atoms with E-state index in [1.54, 1.807) is 7.11 Å². The summed E-state index contributed by atoms with van der Waals surface area (Å²) in [7, 11) is 1.70. The van der Waals surface area contributed by atoms with Gasteiger partial charge in [0.05, 0.1) is 19.8 Å². The van der Waals surface area contributed by atoms with E-state index in [0.29, 0.717) is 25.2 Å². The molecule has 1 atom stereocenters. The smallest absolute Gasteiger partial charge is 0.0700 e. The van der Waals surface area contributed by atoms with Crippen LogP contribution in [-0.2, 0) is 9.47 Å². The molecule has 2 N–H and O–H groups in total. The zero-order valence-corrected chi connectivity index (χ0v) is 11.9. The number of hydrogen-bond donors (Lipinski definition) is 1. The third kappa shape index (κ3) is 7.21. The van der Waals surface area contributed by atoms with Crippen LogP contribution >= 0.6 is 12.4 Å². The maximum Gasteiger partial charge on any atom is 0.0700 e. The highest BCUT2D eigenvalue weighted by molar-refractivity contribution is 5.85. The van der Waals surface area contributed by atoms with Crippen LogP contribution in [0.2, 0.25) is 0 Å². The van der Waals surface area contributed by atoms with Crippen LogP contribution in [0.3, 0.4) is 0 Å². The van der Waals surface area contributed by atoms with Gasteiger partial charge in [-0.3, -0.25) is 0 Å². The van der Waals surface area contributed by atoms with Crippen molar-refractivity contribution in [1.29, 1.82) is 0 Å². The van der Waals surface area contributed by atoms with E-state index in [1.165, 1.54) is 25.9 Å². The number of likely N-dealkylation sites (tertiary alicyclic amines) is 1. The number of rotatable bonds is 7. The fourth-order valence-electron chi connectivity index (χ4n) is 2.14. The molecule has 1 fully saturated rings. The molecule has 0 spiro atoms. The van der Waals surface area contributed by atoms with Gasteiger partial charge >= 0.3 is 0 Å². The molecule has 1 aliphatic heterocycles. The van der Waals surface area contributed by atoms with Crippen molar-refractivity contribution >= 4 is 12.4 Å². The molecule has 17 heavy (non-hydrogen) atoms. The largest absolute Gasteiger partial charge is 0.382 e. The minimum atomic E-state index is 0. The van der Waals surface area contributed by atoms with Gasteiger partial charge in [-0.25, -0.2) is 0 Å². The van der Waals surface area contributed by atoms with Crippen molar-refractivity contribution < 1.29 is 9.47 Å². The van der Waals surface area contributed by atoms with Gasteiger partial charge in [0.2, 0.25) is 0 Å². The summed E-state index contributed by atoms with van der Waals surface area (Å²) in [5.41, 5.74) is 5.91. The number of nitrogens with zero attached hydrogens (tertiary/aromatic N) is 1. The molecule has 1 rings (SSSR count). The van der Waals surface area contributed by atoms with E-state index in [4.69, 9.17) is 15.2 Å². The van der Waals surface area contributed by atoms with Crippen molar-refractivity contribution in [3.8, 4) is 0 Å². The van der Waals surface area contributed by atoms with Crippen molar-refractivity contribution in [3.05, 3.63) is 0 Å². The summed E-state index contributed by atoms with van der Waals surface area (Å²) in [5, 5.41) is 0. The van der Waals surface area contributed by atoms with Gasteiger partial charge < -0.3 is 20.1 Å². The topological polar surface area (TPSA) is 47.7 Å². The highest BCUT2D eigenvalue weighted by Gasteiger charge is 2.21. The normalized spacial score (nSPS) is 19.9. The lowest BCUT2D eigenvalue weighted by atomic mass is 9.91. The van der Waals surface area contributed by atoms with Crippen LogP contribution in [0.5, 0.6) is 0 Å². The third-order valence-electron chi connectivity index (χ3n) is 3.36. The van der Waals surface area contributed by atoms with E-state index in [2.05, 4.69) is 11.8 Å². The first-order valence-corrected chi connectivity index (χ1v) is 6.28. The zero-order valence-electron chi connectivity index (χ0n) is 11.1. The Kier molecular flexibility index (Phi) is 10.2. The Morgan fingerprint density at radius 3 is 2.41 bits per heavy atom. The van der Waals surface area contributed by atoms with E-state index in [1.807, 2.05) is 0 Å². The molecule has 4 nitrogen and oxygen atoms in total. The molecule has 0 radical (unpaired) electrons. The second-order valence-electron chi connectivity index (χ2n) is 4.64. The van der Waals surface area contributed by atoms with Gasteiger partial charge in [-0.15, -0.1) is 12.4 Å². The Morgan fingerprint density at radius 2 is 1.88 bits per heavy atom. The minimum Gasteiger partial charge on any atom is -0.382 e. The lowest BCUT2D eigenvalue weighted by molar-refractivity contribution is 0.0502. The van der Waals surface area contributed by atoms with Crippen LogP contribution < -0.4 is 5.73 Å². The van der Waals surface area contributed by atoms with Crippen molar-refractivity contribution in [1.82, 2.24) is 4.90 Å². The van der Waals surface area contributed by atoms with Gasteiger partial charge in [0.15, 0.2) is 0 Å². The lowest BCUT2D eigenvalue weighted by Crippen LogP contribution is -2.40. The molecule has 1 heterocycles. The van der Waals surface area contributed by atoms with Crippen LogP contribution in [0.15, 0.2) is 0 Å². The van der Waals surface area contributed by atoms with Gasteiger partial charge in [0.25, 0.3) is 0 Å². The van der Waals surface area contributed by atoms with Crippen molar-refractivity contribution in [3.63, 3.8) is 0 Å². The fraction of sp³-hybridized carbons (Fsp3) is 1.00. The van der Waals surface area contributed by atoms with Gasteiger partial charge in [-0.2, -0.15) is 0 Å². The molecule has 0 amide bonds. The first-order chi connectivity index (χ1) is 7.74. The van der Waals surface area contributed by atoms with Crippen LogP contribution in [0, 0.1) is 5.92 Å². The molecule has 1 saturated heterocycles. The van der Waals surface area contributed by atoms with Gasteiger partial charge in [-0.05, 0) is 38.8 Å². The standard InChI is InChI=1S/C12H26N2O2.ClH/c1-11(13)12-3-5-14(6-4-12)7-8-16-10-9-15-2;/h11-12H,3-10,13H2,1-2H3;1H. The summed E-state index contributed by atoms with van der Waals surface area (Å²) in [6, 6.07) is 0.347. The summed E-state index contributed by atoms with van der Waals surface area (Å²) in [4.78, 5) is 2.46. The second kappa shape index (κ2) is 10.1. The molecule has 0 aromatic carbocycles. The first kappa shape index (κ1) is 17.1. The monoisotopic (exact) mass is 266 g/mol. The summed E-state index contributed by atoms with van der Waals surface area (Å²) in [6.45, 7) is 7.69. The maximum absolute atomic E-state index is 5.91. The maximum atomic E-state index is 5.91. The average molecular weight is 267 g/mol. The Morgan fingerprint density at radius 1 is 1.24 bits per heavy atom. The Labute approximate surface area is 111 Å². The van der Waals surface area contributed by atoms with E-state index in [0.717, 1.165) is 13.2 Å². The Hall–Kier alpha value is 0.130. The van der Waals surface area contributed by atoms with Gasteiger partial charge in [-0.1, -0.05) is 0 Å². The van der Waals surface area contributed by atoms with E-state index in [9.17, 15) is 0 Å². The van der Waals surface area contributed by atoms with Crippen LogP contribution in [0.4, 0.5) is 0 Å². The molecule has 0 saturated carbocycles. The molecule has 104 valence electrons.